The minimum Gasteiger partial charge on any atom is -0.329 e. The van der Waals surface area contributed by atoms with Crippen molar-refractivity contribution in [3.05, 3.63) is 5.82 Å². The first-order valence-corrected chi connectivity index (χ1v) is 5.41. The molecule has 0 amide bonds. The van der Waals surface area contributed by atoms with E-state index in [4.69, 9.17) is 5.73 Å². The highest BCUT2D eigenvalue weighted by Gasteiger charge is 2.08. The Morgan fingerprint density at radius 2 is 2.20 bits per heavy atom. The largest absolute Gasteiger partial charge is 0.329 e. The molecule has 6 nitrogen and oxygen atoms in total. The van der Waals surface area contributed by atoms with E-state index in [1.807, 2.05) is 0 Å². The van der Waals surface area contributed by atoms with E-state index in [-0.39, 0.29) is 0 Å². The molecule has 15 heavy (non-hydrogen) atoms. The Labute approximate surface area is 90.4 Å². The van der Waals surface area contributed by atoms with E-state index in [0.29, 0.717) is 6.54 Å². The van der Waals surface area contributed by atoms with Crippen LogP contribution in [0, 0.1) is 0 Å². The van der Waals surface area contributed by atoms with Gasteiger partial charge in [-0.1, -0.05) is 13.3 Å². The minimum absolute atomic E-state index is 0.671. The SMILES string of the molecule is CCCCN(CCN)Cc1nnn(C)n1. The summed E-state index contributed by atoms with van der Waals surface area (Å²) in [6.45, 7) is 5.53. The summed E-state index contributed by atoms with van der Waals surface area (Å²) in [6, 6.07) is 0. The van der Waals surface area contributed by atoms with E-state index >= 15 is 0 Å². The Morgan fingerprint density at radius 1 is 1.40 bits per heavy atom. The lowest BCUT2D eigenvalue weighted by molar-refractivity contribution is 0.262. The molecule has 0 fully saturated rings. The van der Waals surface area contributed by atoms with Crippen molar-refractivity contribution in [3.8, 4) is 0 Å². The van der Waals surface area contributed by atoms with Gasteiger partial charge in [0.2, 0.25) is 0 Å². The van der Waals surface area contributed by atoms with Gasteiger partial charge in [0.15, 0.2) is 5.82 Å². The van der Waals surface area contributed by atoms with Crippen molar-refractivity contribution in [3.63, 3.8) is 0 Å². The zero-order valence-electron chi connectivity index (χ0n) is 9.56. The Morgan fingerprint density at radius 3 is 2.73 bits per heavy atom. The predicted molar refractivity (Wildman–Crippen MR) is 58.0 cm³/mol. The van der Waals surface area contributed by atoms with Gasteiger partial charge < -0.3 is 5.73 Å². The molecule has 0 saturated heterocycles. The van der Waals surface area contributed by atoms with Crippen LogP contribution in [0.1, 0.15) is 25.6 Å². The second-order valence-corrected chi connectivity index (χ2v) is 3.61. The van der Waals surface area contributed by atoms with Crippen LogP contribution in [0.25, 0.3) is 0 Å². The Kier molecular flexibility index (Phi) is 5.20. The number of aromatic nitrogens is 4. The first kappa shape index (κ1) is 12.1. The van der Waals surface area contributed by atoms with Crippen LogP contribution in [0.2, 0.25) is 0 Å². The van der Waals surface area contributed by atoms with Gasteiger partial charge in [-0.3, -0.25) is 4.90 Å². The molecule has 0 aliphatic rings. The standard InChI is InChI=1S/C9H20N6/c1-3-4-6-15(7-5-10)8-9-11-13-14(2)12-9/h3-8,10H2,1-2H3. The van der Waals surface area contributed by atoms with Gasteiger partial charge in [-0.2, -0.15) is 4.80 Å². The highest BCUT2D eigenvalue weighted by atomic mass is 15.6. The maximum absolute atomic E-state index is 5.56. The van der Waals surface area contributed by atoms with E-state index in [1.165, 1.54) is 17.6 Å². The fraction of sp³-hybridized carbons (Fsp3) is 0.889. The summed E-state index contributed by atoms with van der Waals surface area (Å²) in [6.07, 6.45) is 2.37. The van der Waals surface area contributed by atoms with Gasteiger partial charge in [-0.15, -0.1) is 10.2 Å². The molecule has 0 radical (unpaired) electrons. The zero-order chi connectivity index (χ0) is 11.1. The number of rotatable bonds is 7. The molecule has 0 saturated carbocycles. The van der Waals surface area contributed by atoms with Gasteiger partial charge >= 0.3 is 0 Å². The fourth-order valence-electron chi connectivity index (χ4n) is 1.42. The van der Waals surface area contributed by atoms with Gasteiger partial charge in [0.05, 0.1) is 13.6 Å². The molecule has 0 aliphatic carbocycles. The minimum atomic E-state index is 0.671. The molecule has 1 rings (SSSR count). The maximum atomic E-state index is 5.56. The molecule has 0 aromatic carbocycles. The molecule has 1 aromatic heterocycles. The molecule has 0 bridgehead atoms. The first-order valence-electron chi connectivity index (χ1n) is 5.41. The van der Waals surface area contributed by atoms with Crippen LogP contribution >= 0.6 is 0 Å². The third-order valence-electron chi connectivity index (χ3n) is 2.19. The van der Waals surface area contributed by atoms with Crippen molar-refractivity contribution in [2.45, 2.75) is 26.3 Å². The van der Waals surface area contributed by atoms with Crippen LogP contribution in [0.5, 0.6) is 0 Å². The zero-order valence-corrected chi connectivity index (χ0v) is 9.56. The van der Waals surface area contributed by atoms with Gasteiger partial charge in [0, 0.05) is 13.1 Å². The lowest BCUT2D eigenvalue weighted by atomic mass is 10.3. The monoisotopic (exact) mass is 212 g/mol. The molecule has 2 N–H and O–H groups in total. The smallest absolute Gasteiger partial charge is 0.188 e. The number of nitrogens with zero attached hydrogens (tertiary/aromatic N) is 5. The van der Waals surface area contributed by atoms with Crippen molar-refractivity contribution in [2.75, 3.05) is 19.6 Å². The van der Waals surface area contributed by atoms with Gasteiger partial charge in [-0.05, 0) is 18.2 Å². The van der Waals surface area contributed by atoms with Gasteiger partial charge in [-0.25, -0.2) is 0 Å². The summed E-state index contributed by atoms with van der Waals surface area (Å²) < 4.78 is 0. The molecule has 1 heterocycles. The summed E-state index contributed by atoms with van der Waals surface area (Å²) in [5.41, 5.74) is 5.56. The molecule has 1 aromatic rings. The average molecular weight is 212 g/mol. The van der Waals surface area contributed by atoms with Crippen LogP contribution < -0.4 is 5.73 Å². The Bertz CT molecular complexity index is 271. The second-order valence-electron chi connectivity index (χ2n) is 3.61. The van der Waals surface area contributed by atoms with Crippen molar-refractivity contribution in [2.24, 2.45) is 12.8 Å². The van der Waals surface area contributed by atoms with E-state index in [1.54, 1.807) is 7.05 Å². The molecule has 6 heteroatoms. The van der Waals surface area contributed by atoms with Crippen LogP contribution in [0.15, 0.2) is 0 Å². The lowest BCUT2D eigenvalue weighted by Gasteiger charge is -2.18. The molecular formula is C9H20N6. The summed E-state index contributed by atoms with van der Waals surface area (Å²) in [4.78, 5) is 3.75. The maximum Gasteiger partial charge on any atom is 0.188 e. The van der Waals surface area contributed by atoms with Crippen molar-refractivity contribution >= 4 is 0 Å². The van der Waals surface area contributed by atoms with E-state index < -0.39 is 0 Å². The lowest BCUT2D eigenvalue weighted by Crippen LogP contribution is -2.30. The number of hydrogen-bond acceptors (Lipinski definition) is 5. The van der Waals surface area contributed by atoms with Gasteiger partial charge in [0.1, 0.15) is 0 Å². The fourth-order valence-corrected chi connectivity index (χ4v) is 1.42. The number of tetrazole rings is 1. The quantitative estimate of drug-likeness (QED) is 0.676. The molecule has 86 valence electrons. The van der Waals surface area contributed by atoms with Gasteiger partial charge in [0.25, 0.3) is 0 Å². The average Bonchev–Trinajstić information content (AvgIpc) is 2.61. The van der Waals surface area contributed by atoms with Crippen LogP contribution in [0.4, 0.5) is 0 Å². The number of hydrogen-bond donors (Lipinski definition) is 1. The van der Waals surface area contributed by atoms with E-state index in [9.17, 15) is 0 Å². The predicted octanol–water partition coefficient (Wildman–Crippen LogP) is -0.229. The highest BCUT2D eigenvalue weighted by Crippen LogP contribution is 1.99. The second kappa shape index (κ2) is 6.47. The van der Waals surface area contributed by atoms with E-state index in [0.717, 1.165) is 25.5 Å². The molecule has 0 aliphatic heterocycles. The molecular weight excluding hydrogens is 192 g/mol. The van der Waals surface area contributed by atoms with Crippen LogP contribution in [-0.4, -0.2) is 44.7 Å². The summed E-state index contributed by atoms with van der Waals surface area (Å²) in [5.74, 6) is 0.766. The third kappa shape index (κ3) is 4.35. The topological polar surface area (TPSA) is 72.9 Å². The number of aryl methyl sites for hydroxylation is 1. The third-order valence-corrected chi connectivity index (χ3v) is 2.19. The first-order chi connectivity index (χ1) is 7.26. The summed E-state index contributed by atoms with van der Waals surface area (Å²) >= 11 is 0. The molecule has 0 atom stereocenters. The molecule has 0 spiro atoms. The summed E-state index contributed by atoms with van der Waals surface area (Å²) in [7, 11) is 1.77. The van der Waals surface area contributed by atoms with Crippen molar-refractivity contribution in [1.29, 1.82) is 0 Å². The number of unbranched alkanes of at least 4 members (excludes halogenated alkanes) is 1. The Hall–Kier alpha value is -1.01. The van der Waals surface area contributed by atoms with Crippen molar-refractivity contribution < 1.29 is 0 Å². The molecule has 0 unspecified atom stereocenters. The van der Waals surface area contributed by atoms with Crippen LogP contribution in [-0.2, 0) is 13.6 Å². The highest BCUT2D eigenvalue weighted by molar-refractivity contribution is 4.77. The normalized spacial score (nSPS) is 11.2. The number of nitrogens with two attached hydrogens (primary N) is 1. The summed E-state index contributed by atoms with van der Waals surface area (Å²) in [5, 5.41) is 11.9. The van der Waals surface area contributed by atoms with E-state index in [2.05, 4.69) is 27.2 Å². The van der Waals surface area contributed by atoms with Crippen molar-refractivity contribution in [1.82, 2.24) is 25.1 Å². The van der Waals surface area contributed by atoms with Crippen LogP contribution in [0.3, 0.4) is 0 Å². The Balaban J connectivity index is 2.42.